The van der Waals surface area contributed by atoms with Crippen LogP contribution >= 0.6 is 0 Å². The maximum Gasteiger partial charge on any atom is 0.135 e. The molecule has 0 aliphatic heterocycles. The Labute approximate surface area is 746 Å². The van der Waals surface area contributed by atoms with Crippen LogP contribution in [0.2, 0.25) is 0 Å². The SMILES string of the molecule is CC1(C)c2cc(-c3ccccc3)ccc2-c2ccc(N(c3ccc(-c4ccc(-c5ccc6oc7ccccc7c6c5)cc4)cc3)c3ccc4c(c3)C(C)(C)c3cc(-c5ccccc5)ccc3-4)cc21.c1ccc(-c2ccc(-c3ccc(N(c4ccc(-c5ccc(-c6ccc7oc8ccccc8c7c6)cc5)cc4)c4ccc(-c5cccc6ccccc56)cc4)cc3)cc2)cc1. The molecule has 0 spiro atoms. The van der Waals surface area contributed by atoms with Gasteiger partial charge in [-0.3, -0.25) is 0 Å². The zero-order valence-electron chi connectivity index (χ0n) is 71.6. The Morgan fingerprint density at radius 2 is 0.398 bits per heavy atom. The highest BCUT2D eigenvalue weighted by atomic mass is 16.3. The van der Waals surface area contributed by atoms with Crippen molar-refractivity contribution >= 4 is 88.8 Å². The summed E-state index contributed by atoms with van der Waals surface area (Å²) in [4.78, 5) is 4.81. The largest absolute Gasteiger partial charge is 0.456 e. The number of anilines is 6. The first-order chi connectivity index (χ1) is 62.9. The fraction of sp³-hybridized carbons (Fsp3) is 0.0484. The number of nitrogens with zero attached hydrogens (tertiary/aromatic N) is 2. The van der Waals surface area contributed by atoms with Gasteiger partial charge in [0.1, 0.15) is 22.3 Å². The summed E-state index contributed by atoms with van der Waals surface area (Å²) in [6.45, 7) is 9.54. The average molecular weight is 1640 g/mol. The van der Waals surface area contributed by atoms with Crippen molar-refractivity contribution in [1.29, 1.82) is 0 Å². The van der Waals surface area contributed by atoms with Gasteiger partial charge < -0.3 is 18.6 Å². The summed E-state index contributed by atoms with van der Waals surface area (Å²) >= 11 is 0. The lowest BCUT2D eigenvalue weighted by Gasteiger charge is -2.30. The molecule has 0 atom stereocenters. The third-order valence-electron chi connectivity index (χ3n) is 26.8. The van der Waals surface area contributed by atoms with E-state index in [9.17, 15) is 0 Å². The number of fused-ring (bicyclic) bond motifs is 13. The standard InChI is InChI=1S/C66H49NO.C58H39NO/c1-65(2)59-38-48(42-13-7-5-8-14-42)25-32-53(59)55-34-30-51(40-61(55)65)67(52-31-35-56-54-33-26-49(43-15-9-6-10-16-43)39-60(54)66(3,4)62(56)41-52)50-28-23-45(24-29-50)44-19-21-46(22-20-44)47-27-36-64-58(37-47)57-17-11-12-18-63(57)68-64;1-2-9-40(10-3-1)41-17-19-42(20-18-41)44-25-32-50(33-26-44)59(52-36-29-48(30-37-52)54-15-8-12-47-11-4-5-13-53(47)54)51-34-27-45(28-35-51)43-21-23-46(24-22-43)49-31-38-58-56(39-49)55-14-6-7-16-57(55)60-58/h5-41H,1-4H3;1-39H. The third kappa shape index (κ3) is 13.8. The van der Waals surface area contributed by atoms with Crippen LogP contribution in [0.4, 0.5) is 34.1 Å². The maximum atomic E-state index is 6.12. The van der Waals surface area contributed by atoms with E-state index in [-0.39, 0.29) is 10.8 Å². The Hall–Kier alpha value is -16.1. The van der Waals surface area contributed by atoms with Crippen LogP contribution in [-0.2, 0) is 10.8 Å². The fourth-order valence-corrected chi connectivity index (χ4v) is 19.9. The van der Waals surface area contributed by atoms with Crippen molar-refractivity contribution in [2.24, 2.45) is 0 Å². The molecule has 20 aromatic carbocycles. The Morgan fingerprint density at radius 1 is 0.156 bits per heavy atom. The van der Waals surface area contributed by atoms with E-state index in [1.54, 1.807) is 0 Å². The smallest absolute Gasteiger partial charge is 0.135 e. The van der Waals surface area contributed by atoms with Crippen LogP contribution < -0.4 is 9.80 Å². The van der Waals surface area contributed by atoms with Crippen LogP contribution in [0.25, 0.3) is 177 Å². The molecule has 4 heteroatoms. The summed E-state index contributed by atoms with van der Waals surface area (Å²) in [7, 11) is 0. The third-order valence-corrected chi connectivity index (χ3v) is 26.8. The van der Waals surface area contributed by atoms with Gasteiger partial charge in [-0.15, -0.1) is 0 Å². The molecule has 0 radical (unpaired) electrons. The number of benzene rings is 20. The zero-order chi connectivity index (χ0) is 85.6. The topological polar surface area (TPSA) is 32.8 Å². The maximum absolute atomic E-state index is 6.12. The molecule has 128 heavy (non-hydrogen) atoms. The van der Waals surface area contributed by atoms with E-state index in [0.717, 1.165) is 78.0 Å². The van der Waals surface area contributed by atoms with E-state index in [2.05, 4.69) is 474 Å². The highest BCUT2D eigenvalue weighted by Gasteiger charge is 2.39. The van der Waals surface area contributed by atoms with Gasteiger partial charge >= 0.3 is 0 Å². The van der Waals surface area contributed by atoms with E-state index in [1.165, 1.54) is 155 Å². The minimum atomic E-state index is -0.191. The highest BCUT2D eigenvalue weighted by Crippen LogP contribution is 2.55. The molecule has 2 aromatic heterocycles. The van der Waals surface area contributed by atoms with E-state index >= 15 is 0 Å². The Kier molecular flexibility index (Phi) is 18.9. The van der Waals surface area contributed by atoms with Gasteiger partial charge in [0, 0.05) is 66.5 Å². The number of furan rings is 2. The lowest BCUT2D eigenvalue weighted by atomic mass is 9.81. The summed E-state index contributed by atoms with van der Waals surface area (Å²) < 4.78 is 12.2. The Morgan fingerprint density at radius 3 is 0.781 bits per heavy atom. The van der Waals surface area contributed by atoms with E-state index < -0.39 is 0 Å². The predicted octanol–water partition coefficient (Wildman–Crippen LogP) is 34.9. The van der Waals surface area contributed by atoms with Crippen LogP contribution in [0.5, 0.6) is 0 Å². The van der Waals surface area contributed by atoms with Crippen LogP contribution in [-0.4, -0.2) is 0 Å². The van der Waals surface area contributed by atoms with E-state index in [0.29, 0.717) is 0 Å². The van der Waals surface area contributed by atoms with Crippen molar-refractivity contribution < 1.29 is 8.83 Å². The van der Waals surface area contributed by atoms with E-state index in [1.807, 2.05) is 24.3 Å². The van der Waals surface area contributed by atoms with Crippen molar-refractivity contribution in [2.75, 3.05) is 9.80 Å². The van der Waals surface area contributed by atoms with Gasteiger partial charge in [-0.25, -0.2) is 0 Å². The van der Waals surface area contributed by atoms with Gasteiger partial charge in [-0.2, -0.15) is 0 Å². The molecule has 0 saturated carbocycles. The monoisotopic (exact) mass is 1640 g/mol. The zero-order valence-corrected chi connectivity index (χ0v) is 71.6. The molecular formula is C124H88N2O2. The molecule has 0 fully saturated rings. The first kappa shape index (κ1) is 76.7. The highest BCUT2D eigenvalue weighted by molar-refractivity contribution is 6.08. The summed E-state index contributed by atoms with van der Waals surface area (Å²) in [6.07, 6.45) is 0. The molecular weight excluding hydrogens is 1550 g/mol. The van der Waals surface area contributed by atoms with Gasteiger partial charge in [0.25, 0.3) is 0 Å². The molecule has 606 valence electrons. The number of hydrogen-bond acceptors (Lipinski definition) is 4. The quantitative estimate of drug-likeness (QED) is 0.102. The summed E-state index contributed by atoms with van der Waals surface area (Å²) in [5, 5.41) is 7.08. The first-order valence-electron chi connectivity index (χ1n) is 44.3. The van der Waals surface area contributed by atoms with Crippen molar-refractivity contribution in [2.45, 2.75) is 38.5 Å². The normalized spacial score (nSPS) is 12.7. The first-order valence-corrected chi connectivity index (χ1v) is 44.3. The summed E-state index contributed by atoms with van der Waals surface area (Å²) in [6, 6.07) is 168. The van der Waals surface area contributed by atoms with Crippen LogP contribution in [0.1, 0.15) is 49.9 Å². The lowest BCUT2D eigenvalue weighted by molar-refractivity contribution is 0.660. The van der Waals surface area contributed by atoms with Crippen LogP contribution in [0.15, 0.2) is 470 Å². The molecule has 0 unspecified atom stereocenters. The molecule has 2 aliphatic carbocycles. The van der Waals surface area contributed by atoms with E-state index in [4.69, 9.17) is 8.83 Å². The number of hydrogen-bond donors (Lipinski definition) is 0. The minimum Gasteiger partial charge on any atom is -0.456 e. The molecule has 0 N–H and O–H groups in total. The van der Waals surface area contributed by atoms with Gasteiger partial charge in [-0.1, -0.05) is 367 Å². The molecule has 22 aromatic rings. The molecule has 4 nitrogen and oxygen atoms in total. The second-order valence-corrected chi connectivity index (χ2v) is 35.1. The predicted molar refractivity (Wildman–Crippen MR) is 538 cm³/mol. The molecule has 0 amide bonds. The van der Waals surface area contributed by atoms with Gasteiger partial charge in [0.05, 0.1) is 0 Å². The van der Waals surface area contributed by atoms with Gasteiger partial charge in [0.15, 0.2) is 0 Å². The summed E-state index contributed by atoms with van der Waals surface area (Å²) in [5.41, 5.74) is 42.3. The summed E-state index contributed by atoms with van der Waals surface area (Å²) in [5.74, 6) is 0. The molecule has 2 aliphatic rings. The second kappa shape index (κ2) is 31.6. The molecule has 0 saturated heterocycles. The van der Waals surface area contributed by atoms with Gasteiger partial charge in [-0.05, 0) is 277 Å². The van der Waals surface area contributed by atoms with Crippen LogP contribution in [0.3, 0.4) is 0 Å². The minimum absolute atomic E-state index is 0.191. The fourth-order valence-electron chi connectivity index (χ4n) is 19.9. The Bertz CT molecular complexity index is 7810. The average Bonchev–Trinajstić information content (AvgIpc) is 1.57. The lowest BCUT2D eigenvalue weighted by Crippen LogP contribution is -2.18. The number of para-hydroxylation sites is 2. The molecule has 0 bridgehead atoms. The van der Waals surface area contributed by atoms with Crippen molar-refractivity contribution in [1.82, 2.24) is 0 Å². The van der Waals surface area contributed by atoms with Crippen LogP contribution in [0, 0.1) is 0 Å². The van der Waals surface area contributed by atoms with Gasteiger partial charge in [0.2, 0.25) is 0 Å². The number of rotatable bonds is 15. The Balaban J connectivity index is 0.000000148. The molecule has 24 rings (SSSR count). The van der Waals surface area contributed by atoms with Crippen molar-refractivity contribution in [3.63, 3.8) is 0 Å². The molecule has 2 heterocycles. The van der Waals surface area contributed by atoms with Crippen molar-refractivity contribution in [3.8, 4) is 122 Å². The second-order valence-electron chi connectivity index (χ2n) is 35.1. The van der Waals surface area contributed by atoms with Crippen molar-refractivity contribution in [3.05, 3.63) is 483 Å².